The van der Waals surface area contributed by atoms with E-state index in [1.807, 2.05) is 12.1 Å². The highest BCUT2D eigenvalue weighted by Gasteiger charge is 2.38. The highest BCUT2D eigenvalue weighted by Crippen LogP contribution is 2.39. The summed E-state index contributed by atoms with van der Waals surface area (Å²) in [5.41, 5.74) is 2.10. The van der Waals surface area contributed by atoms with Crippen LogP contribution in [0, 0.1) is 12.7 Å². The predicted molar refractivity (Wildman–Crippen MR) is 152 cm³/mol. The summed E-state index contributed by atoms with van der Waals surface area (Å²) >= 11 is 6.50. The Bertz CT molecular complexity index is 1670. The van der Waals surface area contributed by atoms with E-state index in [-0.39, 0.29) is 30.8 Å². The van der Waals surface area contributed by atoms with Crippen molar-refractivity contribution in [3.8, 4) is 5.75 Å². The van der Waals surface area contributed by atoms with Crippen molar-refractivity contribution < 1.29 is 31.8 Å². The summed E-state index contributed by atoms with van der Waals surface area (Å²) in [4.78, 5) is 21.9. The maximum absolute atomic E-state index is 15.4. The van der Waals surface area contributed by atoms with E-state index >= 15 is 4.39 Å². The van der Waals surface area contributed by atoms with Crippen molar-refractivity contribution in [3.63, 3.8) is 0 Å². The molecule has 4 heterocycles. The Morgan fingerprint density at radius 1 is 1.09 bits per heavy atom. The molecular weight excluding hydrogens is 588 g/mol. The molecule has 2 aromatic heterocycles. The van der Waals surface area contributed by atoms with Crippen molar-refractivity contribution in [2.75, 3.05) is 39.5 Å². The highest BCUT2D eigenvalue weighted by atomic mass is 35.5. The third-order valence-corrected chi connectivity index (χ3v) is 8.15. The number of pyridine rings is 1. The minimum absolute atomic E-state index is 0.0758. The van der Waals surface area contributed by atoms with Gasteiger partial charge in [0.15, 0.2) is 6.61 Å². The second-order valence-electron chi connectivity index (χ2n) is 10.8. The van der Waals surface area contributed by atoms with Gasteiger partial charge in [0.25, 0.3) is 5.91 Å². The van der Waals surface area contributed by atoms with Crippen LogP contribution in [0.1, 0.15) is 39.7 Å². The van der Waals surface area contributed by atoms with E-state index in [2.05, 4.69) is 9.88 Å². The molecule has 1 saturated heterocycles. The number of rotatable bonds is 6. The summed E-state index contributed by atoms with van der Waals surface area (Å²) in [6, 6.07) is 11.1. The van der Waals surface area contributed by atoms with E-state index in [1.54, 1.807) is 25.1 Å². The number of aromatic nitrogens is 2. The van der Waals surface area contributed by atoms with E-state index < -0.39 is 29.5 Å². The number of alkyl halides is 3. The fourth-order valence-electron chi connectivity index (χ4n) is 5.70. The molecule has 7 nitrogen and oxygen atoms in total. The van der Waals surface area contributed by atoms with E-state index in [0.29, 0.717) is 47.5 Å². The number of halogens is 5. The molecule has 1 amide bonds. The average Bonchev–Trinajstić information content (AvgIpc) is 3.35. The van der Waals surface area contributed by atoms with Crippen LogP contribution in [0.25, 0.3) is 5.65 Å². The molecule has 1 atom stereocenters. The zero-order valence-electron chi connectivity index (χ0n) is 23.3. The Hall–Kier alpha value is -3.67. The number of fused-ring (bicyclic) bond motifs is 3. The van der Waals surface area contributed by atoms with Crippen molar-refractivity contribution in [1.82, 2.24) is 19.2 Å². The molecule has 0 radical (unpaired) electrons. The number of benzene rings is 2. The summed E-state index contributed by atoms with van der Waals surface area (Å²) in [6.07, 6.45) is -2.99. The molecular formula is C31H29ClF4N4O3. The summed E-state index contributed by atoms with van der Waals surface area (Å²) in [5, 5.41) is 0.364. The Balaban J connectivity index is 1.27. The molecule has 1 fully saturated rings. The second-order valence-corrected chi connectivity index (χ2v) is 11.2. The zero-order chi connectivity index (χ0) is 30.3. The van der Waals surface area contributed by atoms with Crippen molar-refractivity contribution in [1.29, 1.82) is 0 Å². The molecule has 43 heavy (non-hydrogen) atoms. The van der Waals surface area contributed by atoms with Gasteiger partial charge in [-0.05, 0) is 48.4 Å². The van der Waals surface area contributed by atoms with Crippen molar-refractivity contribution >= 4 is 23.2 Å². The first-order chi connectivity index (χ1) is 20.6. The van der Waals surface area contributed by atoms with Gasteiger partial charge < -0.3 is 18.8 Å². The van der Waals surface area contributed by atoms with Crippen LogP contribution in [0.5, 0.6) is 5.75 Å². The molecule has 2 aliphatic heterocycles. The van der Waals surface area contributed by atoms with Gasteiger partial charge in [0.05, 0.1) is 35.2 Å². The molecule has 0 N–H and O–H groups in total. The van der Waals surface area contributed by atoms with Gasteiger partial charge in [-0.15, -0.1) is 0 Å². The van der Waals surface area contributed by atoms with Gasteiger partial charge >= 0.3 is 6.18 Å². The summed E-state index contributed by atoms with van der Waals surface area (Å²) in [5.74, 6) is -0.616. The molecule has 4 aromatic rings. The summed E-state index contributed by atoms with van der Waals surface area (Å²) in [7, 11) is 0. The van der Waals surface area contributed by atoms with Gasteiger partial charge in [0.2, 0.25) is 0 Å². The molecule has 0 spiro atoms. The van der Waals surface area contributed by atoms with Crippen LogP contribution in [0.4, 0.5) is 17.6 Å². The summed E-state index contributed by atoms with van der Waals surface area (Å²) < 4.78 is 68.4. The minimum atomic E-state index is -4.54. The van der Waals surface area contributed by atoms with Gasteiger partial charge in [-0.1, -0.05) is 29.8 Å². The Kier molecular flexibility index (Phi) is 8.06. The number of hydrogen-bond acceptors (Lipinski definition) is 5. The molecule has 0 aliphatic carbocycles. The lowest BCUT2D eigenvalue weighted by atomic mass is 9.94. The fraction of sp³-hybridized carbons (Fsp3) is 0.355. The number of imidazole rings is 1. The average molecular weight is 617 g/mol. The van der Waals surface area contributed by atoms with Gasteiger partial charge in [-0.2, -0.15) is 13.2 Å². The first-order valence-electron chi connectivity index (χ1n) is 13.9. The number of carbonyl (C=O) groups excluding carboxylic acids is 1. The number of morpholine rings is 1. The Morgan fingerprint density at radius 3 is 2.60 bits per heavy atom. The SMILES string of the molecule is Cc1ccc(C2c3c(nc4cc(C(F)(F)F)ccn34)CCN2C(=O)COc2ccc(CN3CCOCC3)cc2Cl)c(F)c1. The first-order valence-corrected chi connectivity index (χ1v) is 14.3. The van der Waals surface area contributed by atoms with Gasteiger partial charge in [0, 0.05) is 44.4 Å². The van der Waals surface area contributed by atoms with Crippen LogP contribution in [0.15, 0.2) is 54.7 Å². The number of aryl methyl sites for hydroxylation is 1. The molecule has 1 unspecified atom stereocenters. The lowest BCUT2D eigenvalue weighted by Gasteiger charge is -2.36. The Labute approximate surface area is 250 Å². The molecule has 226 valence electrons. The molecule has 6 rings (SSSR count). The van der Waals surface area contributed by atoms with Crippen LogP contribution in [0.2, 0.25) is 5.02 Å². The standard InChI is InChI=1S/C31H29ClF4N4O3/c1-19-2-4-22(24(33)14-19)29-30-25(37-27-16-21(31(34,35)36)6-8-39(27)30)7-9-40(29)28(41)18-43-26-5-3-20(15-23(26)32)17-38-10-12-42-13-11-38/h2-6,8,14-16,29H,7,9-13,17-18H2,1H3. The molecule has 0 bridgehead atoms. The van der Waals surface area contributed by atoms with Crippen LogP contribution in [-0.2, 0) is 28.7 Å². The smallest absolute Gasteiger partial charge is 0.416 e. The third-order valence-electron chi connectivity index (χ3n) is 7.86. The van der Waals surface area contributed by atoms with E-state index in [9.17, 15) is 18.0 Å². The number of carbonyl (C=O) groups is 1. The van der Waals surface area contributed by atoms with Gasteiger partial charge in [-0.3, -0.25) is 9.69 Å². The monoisotopic (exact) mass is 616 g/mol. The highest BCUT2D eigenvalue weighted by molar-refractivity contribution is 6.32. The second kappa shape index (κ2) is 11.8. The van der Waals surface area contributed by atoms with Crippen molar-refractivity contribution in [3.05, 3.63) is 99.2 Å². The number of amides is 1. The number of ether oxygens (including phenoxy) is 2. The Morgan fingerprint density at radius 2 is 1.88 bits per heavy atom. The van der Waals surface area contributed by atoms with Crippen LogP contribution in [0.3, 0.4) is 0 Å². The first kappa shape index (κ1) is 29.4. The van der Waals surface area contributed by atoms with Crippen LogP contribution >= 0.6 is 11.6 Å². The maximum Gasteiger partial charge on any atom is 0.416 e. The topological polar surface area (TPSA) is 59.3 Å². The fourth-order valence-corrected chi connectivity index (χ4v) is 5.96. The predicted octanol–water partition coefficient (Wildman–Crippen LogP) is 5.84. The molecule has 2 aliphatic rings. The third kappa shape index (κ3) is 6.07. The minimum Gasteiger partial charge on any atom is -0.482 e. The number of hydrogen-bond donors (Lipinski definition) is 0. The van der Waals surface area contributed by atoms with Crippen LogP contribution < -0.4 is 4.74 Å². The van der Waals surface area contributed by atoms with E-state index in [4.69, 9.17) is 21.1 Å². The van der Waals surface area contributed by atoms with Gasteiger partial charge in [0.1, 0.15) is 23.3 Å². The van der Waals surface area contributed by atoms with E-state index in [1.165, 1.54) is 21.6 Å². The van der Waals surface area contributed by atoms with Crippen molar-refractivity contribution in [2.45, 2.75) is 32.1 Å². The number of nitrogens with zero attached hydrogens (tertiary/aromatic N) is 4. The largest absolute Gasteiger partial charge is 0.482 e. The van der Waals surface area contributed by atoms with Crippen molar-refractivity contribution in [2.24, 2.45) is 0 Å². The van der Waals surface area contributed by atoms with Crippen LogP contribution in [-0.4, -0.2) is 64.5 Å². The maximum atomic E-state index is 15.4. The lowest BCUT2D eigenvalue weighted by Crippen LogP contribution is -2.43. The molecule has 0 saturated carbocycles. The lowest BCUT2D eigenvalue weighted by molar-refractivity contribution is -0.137. The zero-order valence-corrected chi connectivity index (χ0v) is 24.1. The summed E-state index contributed by atoms with van der Waals surface area (Å²) in [6.45, 7) is 5.32. The molecule has 2 aromatic carbocycles. The normalized spacial score (nSPS) is 17.7. The van der Waals surface area contributed by atoms with Gasteiger partial charge in [-0.25, -0.2) is 9.37 Å². The molecule has 12 heteroatoms. The quantitative estimate of drug-likeness (QED) is 0.255. The van der Waals surface area contributed by atoms with E-state index in [0.717, 1.165) is 30.8 Å².